The molecule has 0 rings (SSSR count). The van der Waals surface area contributed by atoms with Gasteiger partial charge >= 0.3 is 11.9 Å². The molecule has 0 aromatic heterocycles. The Morgan fingerprint density at radius 2 is 1.86 bits per heavy atom. The van der Waals surface area contributed by atoms with Crippen molar-refractivity contribution in [2.24, 2.45) is 0 Å². The zero-order valence-corrected chi connectivity index (χ0v) is 7.30. The summed E-state index contributed by atoms with van der Waals surface area (Å²) >= 11 is 0. The van der Waals surface area contributed by atoms with E-state index in [1.165, 1.54) is 0 Å². The predicted molar refractivity (Wildman–Crippen MR) is 37.4 cm³/mol. The second-order valence-corrected chi connectivity index (χ2v) is 3.68. The van der Waals surface area contributed by atoms with E-state index in [1.54, 1.807) is 0 Å². The average Bonchev–Trinajstić information content (AvgIpc) is 1.98. The number of carboxylic acids is 1. The molecule has 9 nitrogen and oxygen atoms in total. The highest BCUT2D eigenvalue weighted by Crippen LogP contribution is 2.07. The highest BCUT2D eigenvalue weighted by atomic mass is 32.2. The molecule has 3 N–H and O–H groups in total. The van der Waals surface area contributed by atoms with Gasteiger partial charge in [0.05, 0.1) is 6.42 Å². The number of hydrogen-bond acceptors (Lipinski definition) is 7. The molecule has 0 spiro atoms. The van der Waals surface area contributed by atoms with Crippen LogP contribution in [0.1, 0.15) is 6.42 Å². The van der Waals surface area contributed by atoms with Gasteiger partial charge in [-0.05, 0) is 5.04 Å². The minimum absolute atomic E-state index is 1.21. The molecular formula is C4H6O9S. The Labute approximate surface area is 77.5 Å². The SMILES string of the molecule is O=C(O)CC(C(=O)OOO)S(=O)(=O)O. The number of hydrogen-bond donors (Lipinski definition) is 3. The van der Waals surface area contributed by atoms with E-state index >= 15 is 0 Å². The number of carbonyl (C=O) groups is 2. The topological polar surface area (TPSA) is 147 Å². The first-order valence-corrected chi connectivity index (χ1v) is 4.49. The Hall–Kier alpha value is -1.23. The summed E-state index contributed by atoms with van der Waals surface area (Å²) < 4.78 is 29.3. The number of carbonyl (C=O) groups excluding carboxylic acids is 1. The minimum Gasteiger partial charge on any atom is -0.481 e. The molecule has 1 atom stereocenters. The van der Waals surface area contributed by atoms with Crippen molar-refractivity contribution in [3.05, 3.63) is 0 Å². The Balaban J connectivity index is 4.74. The molecule has 0 aliphatic rings. The molecule has 0 aliphatic heterocycles. The van der Waals surface area contributed by atoms with Crippen molar-refractivity contribution in [1.82, 2.24) is 0 Å². The highest BCUT2D eigenvalue weighted by Gasteiger charge is 2.36. The van der Waals surface area contributed by atoms with E-state index in [1.807, 2.05) is 0 Å². The molecule has 0 aromatic carbocycles. The number of rotatable bonds is 5. The normalized spacial score (nSPS) is 13.3. The fourth-order valence-electron chi connectivity index (χ4n) is 0.559. The Morgan fingerprint density at radius 3 is 2.14 bits per heavy atom. The first-order chi connectivity index (χ1) is 6.29. The molecule has 1 unspecified atom stereocenters. The van der Waals surface area contributed by atoms with E-state index in [-0.39, 0.29) is 0 Å². The summed E-state index contributed by atoms with van der Waals surface area (Å²) in [5.41, 5.74) is 0. The van der Waals surface area contributed by atoms with Crippen molar-refractivity contribution >= 4 is 22.1 Å². The zero-order chi connectivity index (χ0) is 11.4. The summed E-state index contributed by atoms with van der Waals surface area (Å²) in [6.07, 6.45) is -1.21. The summed E-state index contributed by atoms with van der Waals surface area (Å²) in [6.45, 7) is 0. The maximum absolute atomic E-state index is 10.6. The standard InChI is InChI=1S/C4H6O9S/c5-3(6)1-2(14(9,10)11)4(7)12-13-8/h2,8H,1H2,(H,5,6)(H,9,10,11). The quantitative estimate of drug-likeness (QED) is 0.296. The molecule has 0 saturated heterocycles. The van der Waals surface area contributed by atoms with Crippen molar-refractivity contribution < 1.29 is 42.8 Å². The Morgan fingerprint density at radius 1 is 1.36 bits per heavy atom. The van der Waals surface area contributed by atoms with Crippen molar-refractivity contribution in [3.8, 4) is 0 Å². The van der Waals surface area contributed by atoms with Crippen molar-refractivity contribution in [1.29, 1.82) is 0 Å². The van der Waals surface area contributed by atoms with Crippen LogP contribution in [0, 0.1) is 0 Å². The maximum atomic E-state index is 10.6. The van der Waals surface area contributed by atoms with Crippen LogP contribution in [0.4, 0.5) is 0 Å². The van der Waals surface area contributed by atoms with Crippen LogP contribution in [-0.4, -0.2) is 40.5 Å². The zero-order valence-electron chi connectivity index (χ0n) is 6.48. The van der Waals surface area contributed by atoms with E-state index < -0.39 is 33.7 Å². The smallest absolute Gasteiger partial charge is 0.366 e. The van der Waals surface area contributed by atoms with Crippen LogP contribution in [0.5, 0.6) is 0 Å². The molecule has 14 heavy (non-hydrogen) atoms. The monoisotopic (exact) mass is 230 g/mol. The van der Waals surface area contributed by atoms with E-state index in [0.717, 1.165) is 0 Å². The van der Waals surface area contributed by atoms with Crippen molar-refractivity contribution in [2.75, 3.05) is 0 Å². The van der Waals surface area contributed by atoms with E-state index in [4.69, 9.17) is 14.9 Å². The lowest BCUT2D eigenvalue weighted by Crippen LogP contribution is -2.33. The van der Waals surface area contributed by atoms with Gasteiger partial charge in [-0.15, -0.1) is 0 Å². The van der Waals surface area contributed by atoms with Gasteiger partial charge in [-0.1, -0.05) is 0 Å². The third-order valence-electron chi connectivity index (χ3n) is 1.10. The van der Waals surface area contributed by atoms with Gasteiger partial charge in [-0.2, -0.15) is 8.42 Å². The Kier molecular flexibility index (Phi) is 4.43. The molecule has 0 heterocycles. The lowest BCUT2D eigenvalue weighted by atomic mass is 10.3. The molecule has 0 aromatic rings. The van der Waals surface area contributed by atoms with E-state index in [2.05, 4.69) is 9.93 Å². The minimum atomic E-state index is -4.93. The maximum Gasteiger partial charge on any atom is 0.366 e. The summed E-state index contributed by atoms with van der Waals surface area (Å²) in [5.74, 6) is -3.39. The van der Waals surface area contributed by atoms with Crippen LogP contribution < -0.4 is 0 Å². The second kappa shape index (κ2) is 4.85. The van der Waals surface area contributed by atoms with Gasteiger partial charge < -0.3 is 5.11 Å². The van der Waals surface area contributed by atoms with E-state index in [9.17, 15) is 18.0 Å². The van der Waals surface area contributed by atoms with Crippen LogP contribution >= 0.6 is 0 Å². The summed E-state index contributed by atoms with van der Waals surface area (Å²) in [7, 11) is -4.93. The number of carboxylic acid groups (broad SMARTS) is 1. The molecule has 82 valence electrons. The first-order valence-electron chi connectivity index (χ1n) is 2.99. The van der Waals surface area contributed by atoms with Crippen LogP contribution in [0.3, 0.4) is 0 Å². The average molecular weight is 230 g/mol. The Bertz CT molecular complexity index is 316. The van der Waals surface area contributed by atoms with Gasteiger partial charge in [-0.25, -0.2) is 10.1 Å². The van der Waals surface area contributed by atoms with Crippen LogP contribution in [0.25, 0.3) is 0 Å². The van der Waals surface area contributed by atoms with Crippen LogP contribution in [-0.2, 0) is 29.6 Å². The van der Waals surface area contributed by atoms with Gasteiger partial charge in [-0.3, -0.25) is 14.2 Å². The molecule has 10 heteroatoms. The molecule has 0 fully saturated rings. The molecule has 0 aliphatic carbocycles. The van der Waals surface area contributed by atoms with Crippen LogP contribution in [0.15, 0.2) is 0 Å². The lowest BCUT2D eigenvalue weighted by Gasteiger charge is -2.07. The fraction of sp³-hybridized carbons (Fsp3) is 0.500. The van der Waals surface area contributed by atoms with E-state index in [0.29, 0.717) is 0 Å². The van der Waals surface area contributed by atoms with Gasteiger partial charge in [0, 0.05) is 0 Å². The molecule has 0 bridgehead atoms. The number of aliphatic carboxylic acids is 1. The lowest BCUT2D eigenvalue weighted by molar-refractivity contribution is -0.462. The molecule has 0 saturated carbocycles. The van der Waals surface area contributed by atoms with Crippen molar-refractivity contribution in [2.45, 2.75) is 11.7 Å². The van der Waals surface area contributed by atoms with Gasteiger partial charge in [0.1, 0.15) is 0 Å². The van der Waals surface area contributed by atoms with Crippen molar-refractivity contribution in [3.63, 3.8) is 0 Å². The first kappa shape index (κ1) is 12.8. The van der Waals surface area contributed by atoms with Gasteiger partial charge in [0.2, 0.25) is 0 Å². The van der Waals surface area contributed by atoms with Crippen LogP contribution in [0.2, 0.25) is 0 Å². The molecule has 0 amide bonds. The molecule has 0 radical (unpaired) electrons. The molecular weight excluding hydrogens is 224 g/mol. The second-order valence-electron chi connectivity index (χ2n) is 2.08. The van der Waals surface area contributed by atoms with Gasteiger partial charge in [0.25, 0.3) is 10.1 Å². The van der Waals surface area contributed by atoms with Gasteiger partial charge in [0.15, 0.2) is 5.25 Å². The third kappa shape index (κ3) is 4.13. The summed E-state index contributed by atoms with van der Waals surface area (Å²) in [6, 6.07) is 0. The summed E-state index contributed by atoms with van der Waals surface area (Å²) in [5, 5.41) is 16.3. The highest BCUT2D eigenvalue weighted by molar-refractivity contribution is 7.87. The largest absolute Gasteiger partial charge is 0.481 e. The predicted octanol–water partition coefficient (Wildman–Crippen LogP) is -1.33. The summed E-state index contributed by atoms with van der Waals surface area (Å²) in [4.78, 5) is 24.0. The third-order valence-corrected chi connectivity index (χ3v) is 2.18. The fourth-order valence-corrected chi connectivity index (χ4v) is 1.19.